The number of hydrogen-bond donors (Lipinski definition) is 0. The normalized spacial score (nSPS) is 24.0. The van der Waals surface area contributed by atoms with Gasteiger partial charge in [0.05, 0.1) is 20.3 Å². The number of ether oxygens (including phenoxy) is 2. The lowest BCUT2D eigenvalue weighted by Gasteiger charge is -2.26. The number of amides is 1. The topological polar surface area (TPSA) is 38.8 Å². The van der Waals surface area contributed by atoms with E-state index in [4.69, 9.17) is 21.1 Å². The molecule has 2 aliphatic rings. The summed E-state index contributed by atoms with van der Waals surface area (Å²) in [7, 11) is 3.27. The summed E-state index contributed by atoms with van der Waals surface area (Å²) in [5, 5.41) is 0.760. The molecule has 2 fully saturated rings. The number of benzene rings is 2. The number of hydrogen-bond acceptors (Lipinski definition) is 3. The van der Waals surface area contributed by atoms with Crippen LogP contribution in [-0.2, 0) is 4.79 Å². The summed E-state index contributed by atoms with van der Waals surface area (Å²) in [6.07, 6.45) is 2.89. The van der Waals surface area contributed by atoms with Crippen molar-refractivity contribution in [2.45, 2.75) is 31.2 Å². The van der Waals surface area contributed by atoms with Gasteiger partial charge in [-0.2, -0.15) is 0 Å². The van der Waals surface area contributed by atoms with Crippen LogP contribution in [0.15, 0.2) is 42.5 Å². The second-order valence-corrected chi connectivity index (χ2v) is 7.68. The Kier molecular flexibility index (Phi) is 5.00. The lowest BCUT2D eigenvalue weighted by Crippen LogP contribution is -2.32. The van der Waals surface area contributed by atoms with Crippen molar-refractivity contribution < 1.29 is 14.3 Å². The number of rotatable bonds is 5. The monoisotopic (exact) mass is 385 g/mol. The van der Waals surface area contributed by atoms with Crippen LogP contribution in [0.4, 0.5) is 0 Å². The van der Waals surface area contributed by atoms with Crippen LogP contribution in [0, 0.1) is 5.92 Å². The third-order valence-corrected chi connectivity index (χ3v) is 6.08. The van der Waals surface area contributed by atoms with E-state index in [1.165, 1.54) is 0 Å². The Morgan fingerprint density at radius 3 is 2.63 bits per heavy atom. The van der Waals surface area contributed by atoms with E-state index >= 15 is 0 Å². The number of carbonyl (C=O) groups excluding carboxylic acids is 1. The molecule has 4 nitrogen and oxygen atoms in total. The molecular weight excluding hydrogens is 362 g/mol. The van der Waals surface area contributed by atoms with Gasteiger partial charge in [0, 0.05) is 17.5 Å². The first-order valence-corrected chi connectivity index (χ1v) is 9.78. The molecule has 1 amide bonds. The molecule has 1 saturated carbocycles. The minimum Gasteiger partial charge on any atom is -0.493 e. The molecule has 5 heteroatoms. The maximum absolute atomic E-state index is 13.2. The highest BCUT2D eigenvalue weighted by Gasteiger charge is 2.48. The lowest BCUT2D eigenvalue weighted by molar-refractivity contribution is -0.133. The average molecular weight is 386 g/mol. The van der Waals surface area contributed by atoms with Crippen LogP contribution >= 0.6 is 11.6 Å². The Morgan fingerprint density at radius 1 is 1.11 bits per heavy atom. The SMILES string of the molecule is COc1ccc(C2CCCN2C(=O)C2CC2c2ccccc2Cl)cc1OC. The first-order chi connectivity index (χ1) is 13.1. The van der Waals surface area contributed by atoms with Crippen molar-refractivity contribution in [2.75, 3.05) is 20.8 Å². The molecule has 0 spiro atoms. The van der Waals surface area contributed by atoms with Crippen LogP contribution in [0.2, 0.25) is 5.02 Å². The predicted molar refractivity (Wildman–Crippen MR) is 106 cm³/mol. The van der Waals surface area contributed by atoms with Crippen LogP contribution in [0.25, 0.3) is 0 Å². The quantitative estimate of drug-likeness (QED) is 0.740. The first-order valence-electron chi connectivity index (χ1n) is 9.41. The predicted octanol–water partition coefficient (Wildman–Crippen LogP) is 4.82. The summed E-state index contributed by atoms with van der Waals surface area (Å²) < 4.78 is 10.8. The van der Waals surface area contributed by atoms with Crippen LogP contribution in [0.3, 0.4) is 0 Å². The van der Waals surface area contributed by atoms with Crippen LogP contribution in [0.5, 0.6) is 11.5 Å². The van der Waals surface area contributed by atoms with Crippen LogP contribution in [-0.4, -0.2) is 31.6 Å². The fourth-order valence-electron chi connectivity index (χ4n) is 4.24. The second kappa shape index (κ2) is 7.43. The molecule has 1 heterocycles. The van der Waals surface area contributed by atoms with Crippen molar-refractivity contribution in [2.24, 2.45) is 5.92 Å². The summed E-state index contributed by atoms with van der Waals surface area (Å²) in [6.45, 7) is 0.809. The molecule has 0 N–H and O–H groups in total. The lowest BCUT2D eigenvalue weighted by atomic mass is 10.0. The zero-order valence-electron chi connectivity index (χ0n) is 15.7. The van der Waals surface area contributed by atoms with Gasteiger partial charge in [0.1, 0.15) is 0 Å². The van der Waals surface area contributed by atoms with Crippen molar-refractivity contribution in [1.82, 2.24) is 4.90 Å². The molecule has 2 aromatic carbocycles. The molecule has 0 radical (unpaired) electrons. The molecule has 1 aliphatic heterocycles. The molecule has 3 unspecified atom stereocenters. The Bertz CT molecular complexity index is 853. The third kappa shape index (κ3) is 3.39. The Balaban J connectivity index is 1.52. The Morgan fingerprint density at radius 2 is 1.89 bits per heavy atom. The Labute approximate surface area is 165 Å². The van der Waals surface area contributed by atoms with Gasteiger partial charge in [0.2, 0.25) is 5.91 Å². The minimum absolute atomic E-state index is 0.0469. The van der Waals surface area contributed by atoms with Gasteiger partial charge in [-0.05, 0) is 54.5 Å². The standard InChI is InChI=1S/C22H24ClNO3/c1-26-20-10-9-14(12-21(20)27-2)19-8-5-11-24(19)22(25)17-13-16(17)15-6-3-4-7-18(15)23/h3-4,6-7,9-10,12,16-17,19H,5,8,11,13H2,1-2H3. The fraction of sp³-hybridized carbons (Fsp3) is 0.409. The molecule has 0 bridgehead atoms. The van der Waals surface area contributed by atoms with E-state index in [9.17, 15) is 4.79 Å². The van der Waals surface area contributed by atoms with E-state index in [1.54, 1.807) is 14.2 Å². The summed E-state index contributed by atoms with van der Waals surface area (Å²) in [6, 6.07) is 13.9. The van der Waals surface area contributed by atoms with Gasteiger partial charge in [0.25, 0.3) is 0 Å². The van der Waals surface area contributed by atoms with Gasteiger partial charge in [-0.3, -0.25) is 4.79 Å². The van der Waals surface area contributed by atoms with E-state index in [1.807, 2.05) is 47.4 Å². The number of halogens is 1. The highest BCUT2D eigenvalue weighted by molar-refractivity contribution is 6.31. The fourth-order valence-corrected chi connectivity index (χ4v) is 4.51. The third-order valence-electron chi connectivity index (χ3n) is 5.74. The van der Waals surface area contributed by atoms with E-state index in [0.29, 0.717) is 11.5 Å². The van der Waals surface area contributed by atoms with E-state index < -0.39 is 0 Å². The number of nitrogens with zero attached hydrogens (tertiary/aromatic N) is 1. The van der Waals surface area contributed by atoms with Crippen molar-refractivity contribution in [3.63, 3.8) is 0 Å². The van der Waals surface area contributed by atoms with Gasteiger partial charge >= 0.3 is 0 Å². The van der Waals surface area contributed by atoms with Crippen LogP contribution in [0.1, 0.15) is 42.3 Å². The molecular formula is C22H24ClNO3. The molecule has 3 atom stereocenters. The maximum Gasteiger partial charge on any atom is 0.226 e. The Hall–Kier alpha value is -2.20. The molecule has 27 heavy (non-hydrogen) atoms. The van der Waals surface area contributed by atoms with Crippen molar-refractivity contribution in [3.05, 3.63) is 58.6 Å². The highest BCUT2D eigenvalue weighted by Crippen LogP contribution is 2.52. The van der Waals surface area contributed by atoms with Crippen molar-refractivity contribution in [3.8, 4) is 11.5 Å². The maximum atomic E-state index is 13.2. The van der Waals surface area contributed by atoms with Gasteiger partial charge < -0.3 is 14.4 Å². The first kappa shape index (κ1) is 18.2. The van der Waals surface area contributed by atoms with Gasteiger partial charge in [0.15, 0.2) is 11.5 Å². The second-order valence-electron chi connectivity index (χ2n) is 7.27. The summed E-state index contributed by atoms with van der Waals surface area (Å²) in [5.74, 6) is 1.95. The summed E-state index contributed by atoms with van der Waals surface area (Å²) in [5.41, 5.74) is 2.20. The molecule has 0 aromatic heterocycles. The van der Waals surface area contributed by atoms with E-state index in [0.717, 1.165) is 42.0 Å². The average Bonchev–Trinajstić information content (AvgIpc) is 3.34. The number of likely N-dealkylation sites (tertiary alicyclic amines) is 1. The zero-order chi connectivity index (χ0) is 19.0. The number of carbonyl (C=O) groups is 1. The molecule has 1 saturated heterocycles. The van der Waals surface area contributed by atoms with Crippen molar-refractivity contribution in [1.29, 1.82) is 0 Å². The largest absolute Gasteiger partial charge is 0.493 e. The van der Waals surface area contributed by atoms with Gasteiger partial charge in [-0.1, -0.05) is 35.9 Å². The minimum atomic E-state index is 0.0469. The van der Waals surface area contributed by atoms with Crippen molar-refractivity contribution >= 4 is 17.5 Å². The highest BCUT2D eigenvalue weighted by atomic mass is 35.5. The van der Waals surface area contributed by atoms with Gasteiger partial charge in [-0.15, -0.1) is 0 Å². The molecule has 1 aliphatic carbocycles. The van der Waals surface area contributed by atoms with Gasteiger partial charge in [-0.25, -0.2) is 0 Å². The summed E-state index contributed by atoms with van der Waals surface area (Å²) >= 11 is 6.32. The molecule has 142 valence electrons. The van der Waals surface area contributed by atoms with E-state index in [2.05, 4.69) is 0 Å². The molecule has 2 aromatic rings. The zero-order valence-corrected chi connectivity index (χ0v) is 16.4. The van der Waals surface area contributed by atoms with E-state index in [-0.39, 0.29) is 23.8 Å². The molecule has 4 rings (SSSR count). The van der Waals surface area contributed by atoms with Crippen LogP contribution < -0.4 is 9.47 Å². The number of methoxy groups -OCH3 is 2. The summed E-state index contributed by atoms with van der Waals surface area (Å²) in [4.78, 5) is 15.2. The smallest absolute Gasteiger partial charge is 0.226 e.